The minimum absolute atomic E-state index is 0.0681. The van der Waals surface area contributed by atoms with Crippen LogP contribution in [-0.4, -0.2) is 41.6 Å². The van der Waals surface area contributed by atoms with Gasteiger partial charge in [-0.05, 0) is 13.3 Å². The topological polar surface area (TPSA) is 86.3 Å². The Morgan fingerprint density at radius 1 is 1.39 bits per heavy atom. The number of rotatable bonds is 7. The Balaban J connectivity index is 2.91. The number of sulfonamides is 1. The molecule has 1 aromatic heterocycles. The number of hydrogen-bond acceptors (Lipinski definition) is 4. The zero-order valence-corrected chi connectivity index (χ0v) is 11.9. The van der Waals surface area contributed by atoms with Gasteiger partial charge in [-0.15, -0.1) is 0 Å². The van der Waals surface area contributed by atoms with E-state index in [1.54, 1.807) is 6.92 Å². The molecule has 104 valence electrons. The second kappa shape index (κ2) is 6.31. The molecule has 0 saturated carbocycles. The van der Waals surface area contributed by atoms with Crippen molar-refractivity contribution in [1.29, 1.82) is 0 Å². The highest BCUT2D eigenvalue weighted by atomic mass is 32.2. The normalized spacial score (nSPS) is 12.3. The van der Waals surface area contributed by atoms with Crippen molar-refractivity contribution in [2.75, 3.05) is 13.6 Å². The zero-order chi connectivity index (χ0) is 13.8. The van der Waals surface area contributed by atoms with Crippen LogP contribution >= 0.6 is 0 Å². The average Bonchev–Trinajstić information content (AvgIpc) is 2.71. The van der Waals surface area contributed by atoms with E-state index in [1.165, 1.54) is 11.4 Å². The summed E-state index contributed by atoms with van der Waals surface area (Å²) >= 11 is 0. The van der Waals surface area contributed by atoms with Crippen molar-refractivity contribution >= 4 is 10.0 Å². The number of H-pyrrole nitrogens is 1. The Bertz CT molecular complexity index is 482. The molecule has 1 rings (SSSR count). The molecule has 1 aromatic rings. The molecule has 0 atom stereocenters. The van der Waals surface area contributed by atoms with E-state index in [9.17, 15) is 13.5 Å². The largest absolute Gasteiger partial charge is 0.392 e. The van der Waals surface area contributed by atoms with Crippen LogP contribution in [0.4, 0.5) is 0 Å². The molecule has 0 aliphatic heterocycles. The third-order valence-corrected chi connectivity index (χ3v) is 4.75. The summed E-state index contributed by atoms with van der Waals surface area (Å²) in [6, 6.07) is 0. The van der Waals surface area contributed by atoms with Crippen LogP contribution in [0, 0.1) is 6.92 Å². The minimum Gasteiger partial charge on any atom is -0.392 e. The summed E-state index contributed by atoms with van der Waals surface area (Å²) in [6.45, 7) is 3.89. The number of aromatic nitrogens is 2. The van der Waals surface area contributed by atoms with Crippen molar-refractivity contribution in [2.24, 2.45) is 0 Å². The highest BCUT2D eigenvalue weighted by molar-refractivity contribution is 7.89. The van der Waals surface area contributed by atoms with E-state index in [0.29, 0.717) is 17.8 Å². The molecule has 0 aliphatic rings. The van der Waals surface area contributed by atoms with Gasteiger partial charge in [-0.1, -0.05) is 19.8 Å². The maximum atomic E-state index is 12.3. The SMILES string of the molecule is CCCCCN(C)S(=O)(=O)c1n[nH]c(C)c1CO. The third kappa shape index (κ3) is 3.09. The molecule has 0 amide bonds. The summed E-state index contributed by atoms with van der Waals surface area (Å²) < 4.78 is 25.8. The Morgan fingerprint density at radius 2 is 2.06 bits per heavy atom. The van der Waals surface area contributed by atoms with Gasteiger partial charge in [0.2, 0.25) is 0 Å². The predicted octanol–water partition coefficient (Wildman–Crippen LogP) is 1.02. The van der Waals surface area contributed by atoms with E-state index in [2.05, 4.69) is 17.1 Å². The Kier molecular flexibility index (Phi) is 5.30. The first-order valence-electron chi connectivity index (χ1n) is 6.06. The monoisotopic (exact) mass is 275 g/mol. The quantitative estimate of drug-likeness (QED) is 0.727. The van der Waals surface area contributed by atoms with Gasteiger partial charge >= 0.3 is 0 Å². The third-order valence-electron chi connectivity index (χ3n) is 2.93. The predicted molar refractivity (Wildman–Crippen MR) is 68.6 cm³/mol. The molecule has 0 unspecified atom stereocenters. The summed E-state index contributed by atoms with van der Waals surface area (Å²) in [5, 5.41) is 15.5. The van der Waals surface area contributed by atoms with Gasteiger partial charge in [-0.3, -0.25) is 5.10 Å². The van der Waals surface area contributed by atoms with Gasteiger partial charge in [-0.25, -0.2) is 8.42 Å². The van der Waals surface area contributed by atoms with Crippen LogP contribution in [0.25, 0.3) is 0 Å². The van der Waals surface area contributed by atoms with Gasteiger partial charge in [-0.2, -0.15) is 9.40 Å². The summed E-state index contributed by atoms with van der Waals surface area (Å²) in [5.74, 6) is 0. The second-order valence-electron chi connectivity index (χ2n) is 4.32. The first kappa shape index (κ1) is 15.1. The number of aromatic amines is 1. The molecule has 1 heterocycles. The first-order chi connectivity index (χ1) is 8.45. The molecular formula is C11H21N3O3S. The van der Waals surface area contributed by atoms with E-state index >= 15 is 0 Å². The van der Waals surface area contributed by atoms with Crippen LogP contribution in [0.1, 0.15) is 37.4 Å². The lowest BCUT2D eigenvalue weighted by Gasteiger charge is -2.16. The zero-order valence-electron chi connectivity index (χ0n) is 11.1. The molecule has 0 bridgehead atoms. The Morgan fingerprint density at radius 3 is 2.61 bits per heavy atom. The van der Waals surface area contributed by atoms with Crippen molar-refractivity contribution in [3.63, 3.8) is 0 Å². The highest BCUT2D eigenvalue weighted by Gasteiger charge is 2.27. The van der Waals surface area contributed by atoms with Crippen LogP contribution in [0.2, 0.25) is 0 Å². The van der Waals surface area contributed by atoms with Crippen LogP contribution in [0.15, 0.2) is 5.03 Å². The number of nitrogens with zero attached hydrogens (tertiary/aromatic N) is 2. The number of aliphatic hydroxyl groups excluding tert-OH is 1. The van der Waals surface area contributed by atoms with Crippen LogP contribution in [-0.2, 0) is 16.6 Å². The van der Waals surface area contributed by atoms with E-state index < -0.39 is 10.0 Å². The van der Waals surface area contributed by atoms with Crippen molar-refractivity contribution in [1.82, 2.24) is 14.5 Å². The summed E-state index contributed by atoms with van der Waals surface area (Å²) in [6.07, 6.45) is 2.85. The second-order valence-corrected chi connectivity index (χ2v) is 6.28. The van der Waals surface area contributed by atoms with Gasteiger partial charge in [0.25, 0.3) is 10.0 Å². The molecule has 0 radical (unpaired) electrons. The lowest BCUT2D eigenvalue weighted by molar-refractivity contribution is 0.277. The van der Waals surface area contributed by atoms with Crippen LogP contribution in [0.3, 0.4) is 0 Å². The summed E-state index contributed by atoms with van der Waals surface area (Å²) in [7, 11) is -2.07. The standard InChI is InChI=1S/C11H21N3O3S/c1-4-5-6-7-14(3)18(16,17)11-10(8-15)9(2)12-13-11/h15H,4-8H2,1-3H3,(H,12,13). The molecule has 0 spiro atoms. The van der Waals surface area contributed by atoms with Crippen molar-refractivity contribution in [3.8, 4) is 0 Å². The molecule has 0 aromatic carbocycles. The molecule has 6 nitrogen and oxygen atoms in total. The first-order valence-corrected chi connectivity index (χ1v) is 7.50. The molecule has 7 heteroatoms. The molecular weight excluding hydrogens is 254 g/mol. The molecule has 0 fully saturated rings. The summed E-state index contributed by atoms with van der Waals surface area (Å²) in [5.41, 5.74) is 0.926. The maximum absolute atomic E-state index is 12.3. The maximum Gasteiger partial charge on any atom is 0.262 e. The lowest BCUT2D eigenvalue weighted by atomic mass is 10.2. The number of nitrogens with one attached hydrogen (secondary N) is 1. The van der Waals surface area contributed by atoms with Gasteiger partial charge < -0.3 is 5.11 Å². The van der Waals surface area contributed by atoms with Gasteiger partial charge in [0.05, 0.1) is 6.61 Å². The molecule has 0 aliphatic carbocycles. The van der Waals surface area contributed by atoms with Gasteiger partial charge in [0.15, 0.2) is 5.03 Å². The van der Waals surface area contributed by atoms with E-state index in [4.69, 9.17) is 0 Å². The van der Waals surface area contributed by atoms with Crippen LogP contribution < -0.4 is 0 Å². The lowest BCUT2D eigenvalue weighted by Crippen LogP contribution is -2.29. The van der Waals surface area contributed by atoms with E-state index in [1.807, 2.05) is 0 Å². The highest BCUT2D eigenvalue weighted by Crippen LogP contribution is 2.19. The fraction of sp³-hybridized carbons (Fsp3) is 0.727. The molecule has 18 heavy (non-hydrogen) atoms. The number of aliphatic hydroxyl groups is 1. The molecule has 2 N–H and O–H groups in total. The minimum atomic E-state index is -3.61. The van der Waals surface area contributed by atoms with E-state index in [-0.39, 0.29) is 11.6 Å². The smallest absolute Gasteiger partial charge is 0.262 e. The number of unbranched alkanes of at least 4 members (excludes halogenated alkanes) is 2. The fourth-order valence-electron chi connectivity index (χ4n) is 1.68. The van der Waals surface area contributed by atoms with Crippen molar-refractivity contribution in [2.45, 2.75) is 44.7 Å². The van der Waals surface area contributed by atoms with Gasteiger partial charge in [0, 0.05) is 24.8 Å². The van der Waals surface area contributed by atoms with Gasteiger partial charge in [0.1, 0.15) is 0 Å². The van der Waals surface area contributed by atoms with Crippen LogP contribution in [0.5, 0.6) is 0 Å². The number of hydrogen-bond donors (Lipinski definition) is 2. The van der Waals surface area contributed by atoms with Crippen molar-refractivity contribution < 1.29 is 13.5 Å². The average molecular weight is 275 g/mol. The summed E-state index contributed by atoms with van der Waals surface area (Å²) in [4.78, 5) is 0. The number of aryl methyl sites for hydroxylation is 1. The molecule has 0 saturated heterocycles. The fourth-order valence-corrected chi connectivity index (χ4v) is 3.04. The Hall–Kier alpha value is -0.920. The van der Waals surface area contributed by atoms with E-state index in [0.717, 1.165) is 19.3 Å². The Labute approximate surface area is 108 Å². The van der Waals surface area contributed by atoms with Crippen molar-refractivity contribution in [3.05, 3.63) is 11.3 Å².